The number of hydrogen-bond donors (Lipinski definition) is 3. The summed E-state index contributed by atoms with van der Waals surface area (Å²) in [6.07, 6.45) is 43.3. The largest absolute Gasteiger partial charge is 0.469 e. The number of allylic oxidation sites excluding steroid dienone is 12. The highest BCUT2D eigenvalue weighted by molar-refractivity contribution is 7.46. The lowest BCUT2D eigenvalue weighted by molar-refractivity contribution is -0.161. The molecule has 2 atom stereocenters. The van der Waals surface area contributed by atoms with Gasteiger partial charge in [0.2, 0.25) is 0 Å². The topological polar surface area (TPSA) is 140 Å². The summed E-state index contributed by atoms with van der Waals surface area (Å²) in [5, 5.41) is 10.0. The molecule has 51 heavy (non-hydrogen) atoms. The first kappa shape index (κ1) is 48.2. The van der Waals surface area contributed by atoms with Gasteiger partial charge in [0.25, 0.3) is 0 Å². The highest BCUT2D eigenvalue weighted by Gasteiger charge is 2.22. The Bertz CT molecular complexity index is 1110. The van der Waals surface area contributed by atoms with E-state index >= 15 is 0 Å². The molecule has 0 spiro atoms. The Kier molecular flexibility index (Phi) is 33.6. The van der Waals surface area contributed by atoms with Crippen molar-refractivity contribution < 1.29 is 43.0 Å². The SMILES string of the molecule is CC/C=C\C/C=C\C/C=C\CCCCCCCC(=O)OC[C@H](COP(=O)(O)O)OC(=O)CCC/C=C/C/C=C\C[C@@H](O)/C=C\C=C/CCCCC. The van der Waals surface area contributed by atoms with Crippen molar-refractivity contribution in [1.82, 2.24) is 0 Å². The molecule has 0 saturated heterocycles. The van der Waals surface area contributed by atoms with Crippen molar-refractivity contribution in [3.8, 4) is 0 Å². The second-order valence-electron chi connectivity index (χ2n) is 12.4. The first-order valence-electron chi connectivity index (χ1n) is 19.0. The van der Waals surface area contributed by atoms with Crippen molar-refractivity contribution in [1.29, 1.82) is 0 Å². The molecule has 10 heteroatoms. The Morgan fingerprint density at radius 1 is 0.627 bits per heavy atom. The van der Waals surface area contributed by atoms with Crippen molar-refractivity contribution in [3.63, 3.8) is 0 Å². The maximum Gasteiger partial charge on any atom is 0.469 e. The molecule has 0 aliphatic rings. The standard InChI is InChI=1S/C41H67O9P/c1-3-5-7-9-11-12-13-14-15-16-17-18-22-26-30-34-40(43)48-36-39(37-49-51(45,46)47)50-41(44)35-31-27-23-19-21-25-29-33-38(42)32-28-24-20-10-8-6-4-2/h5,7,11-12,14-15,19-20,23-25,28-29,32,38-39,42H,3-4,6,8-10,13,16-18,21-22,26-27,30-31,33-37H2,1-2H3,(H2,45,46,47)/b7-5-,12-11-,15-14-,23-19+,24-20-,29-25-,32-28-/t38-,39+/m0/s1. The van der Waals surface area contributed by atoms with E-state index in [1.807, 2.05) is 36.5 Å². The highest BCUT2D eigenvalue weighted by atomic mass is 31.2. The average molecular weight is 735 g/mol. The summed E-state index contributed by atoms with van der Waals surface area (Å²) in [4.78, 5) is 42.7. The van der Waals surface area contributed by atoms with Gasteiger partial charge in [-0.15, -0.1) is 0 Å². The molecular weight excluding hydrogens is 667 g/mol. The first-order chi connectivity index (χ1) is 24.7. The number of hydrogen-bond acceptors (Lipinski definition) is 7. The van der Waals surface area contributed by atoms with Gasteiger partial charge in [0.1, 0.15) is 6.61 Å². The second-order valence-corrected chi connectivity index (χ2v) is 13.6. The van der Waals surface area contributed by atoms with Gasteiger partial charge in [-0.25, -0.2) is 4.57 Å². The van der Waals surface area contributed by atoms with Crippen LogP contribution in [0.15, 0.2) is 85.1 Å². The summed E-state index contributed by atoms with van der Waals surface area (Å²) in [6, 6.07) is 0. The van der Waals surface area contributed by atoms with Crippen LogP contribution in [0.3, 0.4) is 0 Å². The fraction of sp³-hybridized carbons (Fsp3) is 0.610. The maximum absolute atomic E-state index is 12.4. The summed E-state index contributed by atoms with van der Waals surface area (Å²) in [5.74, 6) is -1.02. The van der Waals surface area contributed by atoms with Crippen LogP contribution in [0.25, 0.3) is 0 Å². The number of unbranched alkanes of at least 4 members (excludes halogenated alkanes) is 9. The van der Waals surface area contributed by atoms with Gasteiger partial charge in [0.05, 0.1) is 12.7 Å². The summed E-state index contributed by atoms with van der Waals surface area (Å²) in [5.41, 5.74) is 0. The molecule has 0 radical (unpaired) electrons. The summed E-state index contributed by atoms with van der Waals surface area (Å²) >= 11 is 0. The molecule has 0 rings (SSSR count). The number of ether oxygens (including phenoxy) is 2. The molecule has 0 aliphatic heterocycles. The first-order valence-corrected chi connectivity index (χ1v) is 20.5. The molecule has 0 aromatic heterocycles. The van der Waals surface area contributed by atoms with Crippen LogP contribution >= 0.6 is 7.82 Å². The summed E-state index contributed by atoms with van der Waals surface area (Å²) in [6.45, 7) is 3.38. The molecule has 0 aliphatic carbocycles. The number of aliphatic hydroxyl groups is 1. The van der Waals surface area contributed by atoms with E-state index in [0.29, 0.717) is 32.1 Å². The van der Waals surface area contributed by atoms with E-state index in [9.17, 15) is 19.3 Å². The molecule has 3 N–H and O–H groups in total. The van der Waals surface area contributed by atoms with Crippen molar-refractivity contribution >= 4 is 19.8 Å². The fourth-order valence-corrected chi connectivity index (χ4v) is 4.99. The Balaban J connectivity index is 4.19. The van der Waals surface area contributed by atoms with Crippen molar-refractivity contribution in [2.24, 2.45) is 0 Å². The Hall–Kier alpha value is -2.81. The minimum Gasteiger partial charge on any atom is -0.462 e. The smallest absolute Gasteiger partial charge is 0.462 e. The minimum atomic E-state index is -4.79. The Morgan fingerprint density at radius 3 is 1.88 bits per heavy atom. The number of carbonyl (C=O) groups is 2. The Morgan fingerprint density at radius 2 is 1.20 bits per heavy atom. The number of carbonyl (C=O) groups excluding carboxylic acids is 2. The van der Waals surface area contributed by atoms with Crippen LogP contribution < -0.4 is 0 Å². The lowest BCUT2D eigenvalue weighted by Gasteiger charge is -2.18. The molecule has 0 bridgehead atoms. The van der Waals surface area contributed by atoms with E-state index in [1.165, 1.54) is 19.3 Å². The van der Waals surface area contributed by atoms with Crippen molar-refractivity contribution in [2.75, 3.05) is 13.2 Å². The van der Waals surface area contributed by atoms with Crippen molar-refractivity contribution in [2.45, 2.75) is 148 Å². The number of phosphoric ester groups is 1. The van der Waals surface area contributed by atoms with E-state index in [2.05, 4.69) is 60.9 Å². The van der Waals surface area contributed by atoms with E-state index in [1.54, 1.807) is 6.08 Å². The van der Waals surface area contributed by atoms with E-state index in [0.717, 1.165) is 57.8 Å². The maximum atomic E-state index is 12.4. The molecule has 0 aromatic carbocycles. The lowest BCUT2D eigenvalue weighted by Crippen LogP contribution is -2.29. The predicted octanol–water partition coefficient (Wildman–Crippen LogP) is 10.3. The zero-order valence-electron chi connectivity index (χ0n) is 31.3. The molecule has 290 valence electrons. The van der Waals surface area contributed by atoms with E-state index in [-0.39, 0.29) is 19.4 Å². The molecule has 0 fully saturated rings. The molecule has 0 unspecified atom stereocenters. The summed E-state index contributed by atoms with van der Waals surface area (Å²) in [7, 11) is -4.79. The van der Waals surface area contributed by atoms with E-state index in [4.69, 9.17) is 19.3 Å². The van der Waals surface area contributed by atoms with Gasteiger partial charge in [-0.3, -0.25) is 14.1 Å². The molecular formula is C41H67O9P. The van der Waals surface area contributed by atoms with Gasteiger partial charge < -0.3 is 24.4 Å². The fourth-order valence-electron chi connectivity index (χ4n) is 4.63. The molecule has 0 aromatic rings. The van der Waals surface area contributed by atoms with Crippen LogP contribution in [0.1, 0.15) is 136 Å². The number of aliphatic hydroxyl groups excluding tert-OH is 1. The highest BCUT2D eigenvalue weighted by Crippen LogP contribution is 2.35. The molecule has 0 saturated carbocycles. The number of phosphoric acid groups is 1. The van der Waals surface area contributed by atoms with Gasteiger partial charge >= 0.3 is 19.8 Å². The number of esters is 2. The Labute approximate surface area is 308 Å². The van der Waals surface area contributed by atoms with Crippen LogP contribution in [0.4, 0.5) is 0 Å². The zero-order valence-corrected chi connectivity index (χ0v) is 32.2. The predicted molar refractivity (Wildman–Crippen MR) is 208 cm³/mol. The van der Waals surface area contributed by atoms with Crippen LogP contribution in [0.2, 0.25) is 0 Å². The minimum absolute atomic E-state index is 0.0931. The van der Waals surface area contributed by atoms with Gasteiger partial charge in [0, 0.05) is 12.8 Å². The average Bonchev–Trinajstić information content (AvgIpc) is 3.09. The van der Waals surface area contributed by atoms with Crippen LogP contribution in [-0.2, 0) is 28.2 Å². The number of rotatable bonds is 33. The quantitative estimate of drug-likeness (QED) is 0.0198. The summed E-state index contributed by atoms with van der Waals surface area (Å²) < 4.78 is 26.2. The lowest BCUT2D eigenvalue weighted by atomic mass is 10.1. The third kappa shape index (κ3) is 38.3. The van der Waals surface area contributed by atoms with Crippen LogP contribution in [0, 0.1) is 0 Å². The van der Waals surface area contributed by atoms with Crippen LogP contribution in [0.5, 0.6) is 0 Å². The van der Waals surface area contributed by atoms with Gasteiger partial charge in [0.15, 0.2) is 6.10 Å². The monoisotopic (exact) mass is 734 g/mol. The van der Waals surface area contributed by atoms with E-state index < -0.39 is 38.6 Å². The van der Waals surface area contributed by atoms with Gasteiger partial charge in [-0.1, -0.05) is 131 Å². The normalized spacial score (nSPS) is 14.1. The molecule has 0 heterocycles. The van der Waals surface area contributed by atoms with Gasteiger partial charge in [-0.05, 0) is 77.0 Å². The molecule has 0 amide bonds. The van der Waals surface area contributed by atoms with Crippen molar-refractivity contribution in [3.05, 3.63) is 85.1 Å². The van der Waals surface area contributed by atoms with Gasteiger partial charge in [-0.2, -0.15) is 0 Å². The second kappa shape index (κ2) is 35.6. The zero-order chi connectivity index (χ0) is 37.7. The van der Waals surface area contributed by atoms with Crippen LogP contribution in [-0.4, -0.2) is 52.3 Å². The third-order valence-electron chi connectivity index (χ3n) is 7.48. The third-order valence-corrected chi connectivity index (χ3v) is 7.96. The molecule has 9 nitrogen and oxygen atoms in total.